The number of aryl methyl sites for hydroxylation is 2. The van der Waals surface area contributed by atoms with Crippen LogP contribution in [0.25, 0.3) is 11.3 Å². The molecule has 4 heteroatoms. The second kappa shape index (κ2) is 5.40. The van der Waals surface area contributed by atoms with E-state index in [1.165, 1.54) is 17.3 Å². The van der Waals surface area contributed by atoms with E-state index in [1.54, 1.807) is 6.07 Å². The van der Waals surface area contributed by atoms with Crippen molar-refractivity contribution >= 4 is 22.1 Å². The van der Waals surface area contributed by atoms with Gasteiger partial charge in [0.1, 0.15) is 17.7 Å². The Hall–Kier alpha value is -1.55. The molecule has 0 unspecified atom stereocenters. The summed E-state index contributed by atoms with van der Waals surface area (Å²) in [6.45, 7) is 4.18. The molecule has 0 atom stereocenters. The molecule has 0 amide bonds. The van der Waals surface area contributed by atoms with Gasteiger partial charge in [-0.25, -0.2) is 0 Å². The number of furan rings is 1. The molecule has 0 spiro atoms. The van der Waals surface area contributed by atoms with E-state index in [0.717, 1.165) is 22.2 Å². The molecular formula is C14H14BrNO2. The molecule has 0 aliphatic heterocycles. The first-order valence-electron chi connectivity index (χ1n) is 5.72. The molecule has 0 saturated heterocycles. The molecule has 2 aromatic rings. The van der Waals surface area contributed by atoms with E-state index in [1.807, 2.05) is 6.07 Å². The standard InChI is InChI=1S/C14H14BrNO2/c1-3-10-7-11(6-9(2)14(10)15)13-5-4-12(18-13)8-16-17/h4-8,17H,3H2,1-2H3/b16-8+. The highest BCUT2D eigenvalue weighted by molar-refractivity contribution is 9.10. The molecule has 0 bridgehead atoms. The second-order valence-electron chi connectivity index (χ2n) is 4.07. The van der Waals surface area contributed by atoms with Gasteiger partial charge in [0, 0.05) is 10.0 Å². The highest BCUT2D eigenvalue weighted by atomic mass is 79.9. The average molecular weight is 308 g/mol. The SMILES string of the molecule is CCc1cc(-c2ccc(/C=N/O)o2)cc(C)c1Br. The molecule has 1 aromatic heterocycles. The van der Waals surface area contributed by atoms with Gasteiger partial charge in [-0.15, -0.1) is 0 Å². The van der Waals surface area contributed by atoms with Crippen molar-refractivity contribution in [3.05, 3.63) is 45.6 Å². The van der Waals surface area contributed by atoms with Crippen LogP contribution in [0.2, 0.25) is 0 Å². The Balaban J connectivity index is 2.46. The van der Waals surface area contributed by atoms with Crippen LogP contribution in [-0.4, -0.2) is 11.4 Å². The summed E-state index contributed by atoms with van der Waals surface area (Å²) in [6.07, 6.45) is 2.23. The molecule has 2 rings (SSSR count). The quantitative estimate of drug-likeness (QED) is 0.519. The molecule has 0 aliphatic rings. The Bertz CT molecular complexity index is 587. The van der Waals surface area contributed by atoms with E-state index in [2.05, 4.69) is 47.1 Å². The summed E-state index contributed by atoms with van der Waals surface area (Å²) in [5.41, 5.74) is 3.46. The first-order chi connectivity index (χ1) is 8.65. The zero-order chi connectivity index (χ0) is 13.1. The lowest BCUT2D eigenvalue weighted by Gasteiger charge is -2.08. The number of halogens is 1. The van der Waals surface area contributed by atoms with E-state index in [9.17, 15) is 0 Å². The van der Waals surface area contributed by atoms with Gasteiger partial charge in [0.25, 0.3) is 0 Å². The van der Waals surface area contributed by atoms with Crippen LogP contribution >= 0.6 is 15.9 Å². The zero-order valence-electron chi connectivity index (χ0n) is 10.3. The topological polar surface area (TPSA) is 45.7 Å². The predicted octanol–water partition coefficient (Wildman–Crippen LogP) is 4.39. The number of nitrogens with zero attached hydrogens (tertiary/aromatic N) is 1. The van der Waals surface area contributed by atoms with Gasteiger partial charge in [-0.3, -0.25) is 0 Å². The number of rotatable bonds is 3. The van der Waals surface area contributed by atoms with Gasteiger partial charge in [0.2, 0.25) is 0 Å². The molecule has 94 valence electrons. The van der Waals surface area contributed by atoms with Crippen LogP contribution in [0.1, 0.15) is 23.8 Å². The van der Waals surface area contributed by atoms with Crippen LogP contribution in [-0.2, 0) is 6.42 Å². The molecular weight excluding hydrogens is 294 g/mol. The van der Waals surface area contributed by atoms with Crippen LogP contribution in [0.4, 0.5) is 0 Å². The highest BCUT2D eigenvalue weighted by Crippen LogP contribution is 2.30. The lowest BCUT2D eigenvalue weighted by molar-refractivity contribution is 0.321. The second-order valence-corrected chi connectivity index (χ2v) is 4.86. The summed E-state index contributed by atoms with van der Waals surface area (Å²) >= 11 is 3.59. The first-order valence-corrected chi connectivity index (χ1v) is 6.51. The van der Waals surface area contributed by atoms with Gasteiger partial charge in [-0.1, -0.05) is 28.0 Å². The molecule has 0 saturated carbocycles. The average Bonchev–Trinajstić information content (AvgIpc) is 2.81. The van der Waals surface area contributed by atoms with Gasteiger partial charge in [-0.05, 0) is 48.7 Å². The predicted molar refractivity (Wildman–Crippen MR) is 75.3 cm³/mol. The van der Waals surface area contributed by atoms with Crippen molar-refractivity contribution in [3.8, 4) is 11.3 Å². The maximum absolute atomic E-state index is 8.47. The van der Waals surface area contributed by atoms with E-state index >= 15 is 0 Å². The van der Waals surface area contributed by atoms with Crippen molar-refractivity contribution in [1.82, 2.24) is 0 Å². The fourth-order valence-electron chi connectivity index (χ4n) is 1.88. The van der Waals surface area contributed by atoms with Crippen molar-refractivity contribution in [3.63, 3.8) is 0 Å². The van der Waals surface area contributed by atoms with E-state index < -0.39 is 0 Å². The van der Waals surface area contributed by atoms with Gasteiger partial charge < -0.3 is 9.62 Å². The van der Waals surface area contributed by atoms with Crippen LogP contribution in [0.15, 0.2) is 38.3 Å². The molecule has 1 N–H and O–H groups in total. The van der Waals surface area contributed by atoms with Gasteiger partial charge >= 0.3 is 0 Å². The van der Waals surface area contributed by atoms with Gasteiger partial charge in [0.05, 0.1) is 0 Å². The zero-order valence-corrected chi connectivity index (χ0v) is 11.9. The summed E-state index contributed by atoms with van der Waals surface area (Å²) in [7, 11) is 0. The van der Waals surface area contributed by atoms with Gasteiger partial charge in [0.15, 0.2) is 0 Å². The lowest BCUT2D eigenvalue weighted by atomic mass is 10.0. The highest BCUT2D eigenvalue weighted by Gasteiger charge is 2.09. The Kier molecular flexibility index (Phi) is 3.87. The van der Waals surface area contributed by atoms with Crippen molar-refractivity contribution in [2.24, 2.45) is 5.16 Å². The third kappa shape index (κ3) is 2.48. The van der Waals surface area contributed by atoms with E-state index in [0.29, 0.717) is 5.76 Å². The molecule has 18 heavy (non-hydrogen) atoms. The monoisotopic (exact) mass is 307 g/mol. The molecule has 0 radical (unpaired) electrons. The number of benzene rings is 1. The smallest absolute Gasteiger partial charge is 0.149 e. The van der Waals surface area contributed by atoms with Crippen LogP contribution in [0, 0.1) is 6.92 Å². The van der Waals surface area contributed by atoms with Crippen molar-refractivity contribution in [1.29, 1.82) is 0 Å². The number of hydrogen-bond acceptors (Lipinski definition) is 3. The summed E-state index contributed by atoms with van der Waals surface area (Å²) in [5.74, 6) is 1.31. The minimum Gasteiger partial charge on any atom is -0.455 e. The summed E-state index contributed by atoms with van der Waals surface area (Å²) in [5, 5.41) is 11.4. The maximum atomic E-state index is 8.47. The summed E-state index contributed by atoms with van der Waals surface area (Å²) in [6, 6.07) is 7.83. The molecule has 3 nitrogen and oxygen atoms in total. The third-order valence-electron chi connectivity index (χ3n) is 2.81. The Morgan fingerprint density at radius 2 is 2.17 bits per heavy atom. The minimum absolute atomic E-state index is 0.533. The van der Waals surface area contributed by atoms with Crippen LogP contribution in [0.5, 0.6) is 0 Å². The Labute approximate surface area is 114 Å². The van der Waals surface area contributed by atoms with Crippen molar-refractivity contribution < 1.29 is 9.62 Å². The molecule has 0 aliphatic carbocycles. The van der Waals surface area contributed by atoms with E-state index in [-0.39, 0.29) is 0 Å². The Morgan fingerprint density at radius 1 is 1.39 bits per heavy atom. The Morgan fingerprint density at radius 3 is 2.83 bits per heavy atom. The summed E-state index contributed by atoms with van der Waals surface area (Å²) in [4.78, 5) is 0. The lowest BCUT2D eigenvalue weighted by Crippen LogP contribution is -1.88. The molecule has 0 fully saturated rings. The largest absolute Gasteiger partial charge is 0.455 e. The minimum atomic E-state index is 0.533. The van der Waals surface area contributed by atoms with Crippen molar-refractivity contribution in [2.45, 2.75) is 20.3 Å². The van der Waals surface area contributed by atoms with Crippen molar-refractivity contribution in [2.75, 3.05) is 0 Å². The fourth-order valence-corrected chi connectivity index (χ4v) is 2.39. The van der Waals surface area contributed by atoms with E-state index in [4.69, 9.17) is 9.62 Å². The maximum Gasteiger partial charge on any atom is 0.149 e. The third-order valence-corrected chi connectivity index (χ3v) is 3.94. The van der Waals surface area contributed by atoms with Crippen LogP contribution < -0.4 is 0 Å². The molecule has 1 aromatic carbocycles. The van der Waals surface area contributed by atoms with Gasteiger partial charge in [-0.2, -0.15) is 0 Å². The normalized spacial score (nSPS) is 11.3. The number of hydrogen-bond donors (Lipinski definition) is 1. The first kappa shape index (κ1) is 12.9. The van der Waals surface area contributed by atoms with Crippen LogP contribution in [0.3, 0.4) is 0 Å². The number of oxime groups is 1. The summed E-state index contributed by atoms with van der Waals surface area (Å²) < 4.78 is 6.73. The fraction of sp³-hybridized carbons (Fsp3) is 0.214. The molecule has 1 heterocycles.